The number of allylic oxidation sites excluding steroid dienone is 1. The Morgan fingerprint density at radius 2 is 1.64 bits per heavy atom. The summed E-state index contributed by atoms with van der Waals surface area (Å²) in [5.41, 5.74) is 5.15. The van der Waals surface area contributed by atoms with Crippen LogP contribution in [-0.4, -0.2) is 38.4 Å². The Morgan fingerprint density at radius 1 is 0.881 bits per heavy atom. The normalized spacial score (nSPS) is 24.0. The topological polar surface area (TPSA) is 74.0 Å². The summed E-state index contributed by atoms with van der Waals surface area (Å²) in [6, 6.07) is 8.28. The highest BCUT2D eigenvalue weighted by atomic mass is 19.1. The van der Waals surface area contributed by atoms with Crippen LogP contribution in [0.2, 0.25) is 0 Å². The molecule has 8 heteroatoms. The monoisotopic (exact) mass is 571 g/mol. The molecule has 3 heterocycles. The molecular formula is C34H42FN5O2. The molecule has 1 saturated carbocycles. The summed E-state index contributed by atoms with van der Waals surface area (Å²) in [6.07, 6.45) is 21.8. The van der Waals surface area contributed by atoms with Crippen molar-refractivity contribution in [1.82, 2.24) is 19.1 Å². The summed E-state index contributed by atoms with van der Waals surface area (Å²) in [4.78, 5) is 23.1. The lowest BCUT2D eigenvalue weighted by molar-refractivity contribution is 0.0686. The molecule has 2 fully saturated rings. The summed E-state index contributed by atoms with van der Waals surface area (Å²) in [5.74, 6) is 1.85. The number of hydrogen-bond donors (Lipinski definition) is 1. The first-order valence-corrected chi connectivity index (χ1v) is 15.8. The van der Waals surface area contributed by atoms with Crippen LogP contribution >= 0.6 is 0 Å². The lowest BCUT2D eigenvalue weighted by atomic mass is 9.74. The SMILES string of the molecule is O=c1n(C2CCOCC2)cc(-c2ccnc(NC3CCC(C4CCC=C=CCCCC4)CC3)n2)n1-c1ccc(F)cc1. The third kappa shape index (κ3) is 6.77. The molecule has 7 nitrogen and oxygen atoms in total. The molecule has 1 atom stereocenters. The molecular weight excluding hydrogens is 529 g/mol. The maximum atomic E-state index is 13.8. The standard InChI is InChI=1S/C34H42FN5O2/c35-27-12-16-30(17-13-27)40-32(24-39(34(40)41)29-19-22-42-23-20-29)31-18-21-36-33(38-31)37-28-14-10-26(11-15-28)25-8-6-4-2-1-3-5-7-9-25/h1,5,12-13,16-18,21,24-26,28-29H,2,4,6-11,14-15,19-20,22-23H2,(H,36,37,38). The van der Waals surface area contributed by atoms with E-state index in [-0.39, 0.29) is 17.5 Å². The van der Waals surface area contributed by atoms with E-state index in [1.165, 1.54) is 50.7 Å². The van der Waals surface area contributed by atoms with Gasteiger partial charge in [0.25, 0.3) is 0 Å². The molecule has 0 spiro atoms. The first kappa shape index (κ1) is 28.6. The van der Waals surface area contributed by atoms with E-state index in [4.69, 9.17) is 9.72 Å². The molecule has 2 aromatic heterocycles. The number of ether oxygens (including phenoxy) is 1. The number of hydrogen-bond acceptors (Lipinski definition) is 5. The quantitative estimate of drug-likeness (QED) is 0.316. The summed E-state index contributed by atoms with van der Waals surface area (Å²) in [7, 11) is 0. The van der Waals surface area contributed by atoms with Gasteiger partial charge in [0.05, 0.1) is 17.1 Å². The van der Waals surface area contributed by atoms with E-state index in [1.807, 2.05) is 12.3 Å². The minimum Gasteiger partial charge on any atom is -0.381 e. The molecule has 1 N–H and O–H groups in total. The van der Waals surface area contributed by atoms with Gasteiger partial charge in [0.1, 0.15) is 5.82 Å². The molecule has 1 aliphatic heterocycles. The van der Waals surface area contributed by atoms with E-state index in [9.17, 15) is 9.18 Å². The lowest BCUT2D eigenvalue weighted by Crippen LogP contribution is -2.30. The van der Waals surface area contributed by atoms with Gasteiger partial charge in [-0.25, -0.2) is 19.2 Å². The van der Waals surface area contributed by atoms with Crippen molar-refractivity contribution in [3.63, 3.8) is 0 Å². The fourth-order valence-electron chi connectivity index (χ4n) is 7.01. The van der Waals surface area contributed by atoms with E-state index >= 15 is 0 Å². The third-order valence-corrected chi connectivity index (χ3v) is 9.36. The number of benzene rings is 1. The van der Waals surface area contributed by atoms with Crippen LogP contribution in [0, 0.1) is 17.7 Å². The highest BCUT2D eigenvalue weighted by Gasteiger charge is 2.28. The molecule has 3 aliphatic rings. The second-order valence-electron chi connectivity index (χ2n) is 12.1. The maximum absolute atomic E-state index is 13.8. The number of imidazole rings is 1. The molecule has 0 bridgehead atoms. The number of halogens is 1. The molecule has 6 rings (SSSR count). The second kappa shape index (κ2) is 13.7. The average Bonchev–Trinajstić information content (AvgIpc) is 3.38. The van der Waals surface area contributed by atoms with Crippen molar-refractivity contribution in [3.05, 3.63) is 76.9 Å². The Bertz CT molecular complexity index is 1440. The van der Waals surface area contributed by atoms with Gasteiger partial charge in [0.15, 0.2) is 0 Å². The van der Waals surface area contributed by atoms with Crippen molar-refractivity contribution >= 4 is 5.95 Å². The van der Waals surface area contributed by atoms with Crippen molar-refractivity contribution in [2.75, 3.05) is 18.5 Å². The molecule has 1 aromatic carbocycles. The van der Waals surface area contributed by atoms with E-state index < -0.39 is 0 Å². The minimum atomic E-state index is -0.338. The van der Waals surface area contributed by atoms with E-state index in [1.54, 1.807) is 27.5 Å². The lowest BCUT2D eigenvalue weighted by Gasteiger charge is -2.34. The zero-order valence-corrected chi connectivity index (χ0v) is 24.4. The molecule has 222 valence electrons. The van der Waals surface area contributed by atoms with Crippen LogP contribution in [0.4, 0.5) is 10.3 Å². The fraction of sp³-hybridized carbons (Fsp3) is 0.529. The van der Waals surface area contributed by atoms with Gasteiger partial charge >= 0.3 is 5.69 Å². The van der Waals surface area contributed by atoms with Crippen LogP contribution in [0.25, 0.3) is 17.1 Å². The van der Waals surface area contributed by atoms with Crippen molar-refractivity contribution in [3.8, 4) is 17.1 Å². The number of nitrogens with zero attached hydrogens (tertiary/aromatic N) is 4. The molecule has 0 amide bonds. The van der Waals surface area contributed by atoms with Crippen LogP contribution in [0.5, 0.6) is 0 Å². The molecule has 0 radical (unpaired) electrons. The molecule has 1 unspecified atom stereocenters. The highest BCUT2D eigenvalue weighted by Crippen LogP contribution is 2.37. The van der Waals surface area contributed by atoms with Crippen molar-refractivity contribution in [2.24, 2.45) is 11.8 Å². The van der Waals surface area contributed by atoms with Gasteiger partial charge in [-0.1, -0.05) is 12.8 Å². The van der Waals surface area contributed by atoms with Gasteiger partial charge in [-0.3, -0.25) is 9.13 Å². The van der Waals surface area contributed by atoms with Crippen LogP contribution in [-0.2, 0) is 4.74 Å². The highest BCUT2D eigenvalue weighted by molar-refractivity contribution is 5.59. The Kier molecular flexibility index (Phi) is 9.31. The van der Waals surface area contributed by atoms with Gasteiger partial charge in [-0.2, -0.15) is 0 Å². The fourth-order valence-corrected chi connectivity index (χ4v) is 7.01. The Balaban J connectivity index is 1.18. The number of rotatable bonds is 6. The van der Waals surface area contributed by atoms with Gasteiger partial charge in [-0.05, 0) is 119 Å². The molecule has 2 aliphatic carbocycles. The molecule has 1 saturated heterocycles. The molecule has 3 aromatic rings. The van der Waals surface area contributed by atoms with Crippen molar-refractivity contribution < 1.29 is 9.13 Å². The van der Waals surface area contributed by atoms with Gasteiger partial charge in [0, 0.05) is 37.7 Å². The van der Waals surface area contributed by atoms with Crippen LogP contribution in [0.15, 0.2) is 65.4 Å². The van der Waals surface area contributed by atoms with Crippen molar-refractivity contribution in [2.45, 2.75) is 89.1 Å². The summed E-state index contributed by atoms with van der Waals surface area (Å²) >= 11 is 0. The zero-order chi connectivity index (χ0) is 28.7. The first-order valence-electron chi connectivity index (χ1n) is 15.8. The Hall–Kier alpha value is -3.48. The second-order valence-corrected chi connectivity index (χ2v) is 12.1. The van der Waals surface area contributed by atoms with Gasteiger partial charge in [-0.15, -0.1) is 5.73 Å². The third-order valence-electron chi connectivity index (χ3n) is 9.36. The van der Waals surface area contributed by atoms with Crippen molar-refractivity contribution in [1.29, 1.82) is 0 Å². The predicted octanol–water partition coefficient (Wildman–Crippen LogP) is 7.24. The number of aromatic nitrogens is 4. The van der Waals surface area contributed by atoms with Gasteiger partial charge in [0.2, 0.25) is 5.95 Å². The van der Waals surface area contributed by atoms with E-state index in [2.05, 4.69) is 28.2 Å². The molecule has 42 heavy (non-hydrogen) atoms. The van der Waals surface area contributed by atoms with E-state index in [0.29, 0.717) is 42.3 Å². The van der Waals surface area contributed by atoms with E-state index in [0.717, 1.165) is 50.4 Å². The Labute approximate surface area is 247 Å². The minimum absolute atomic E-state index is 0.0560. The summed E-state index contributed by atoms with van der Waals surface area (Å²) < 4.78 is 22.7. The zero-order valence-electron chi connectivity index (χ0n) is 24.4. The van der Waals surface area contributed by atoms with Crippen LogP contribution in [0.1, 0.15) is 83.1 Å². The average molecular weight is 572 g/mol. The Morgan fingerprint density at radius 3 is 2.45 bits per heavy atom. The smallest absolute Gasteiger partial charge is 0.333 e. The van der Waals surface area contributed by atoms with Crippen LogP contribution in [0.3, 0.4) is 0 Å². The predicted molar refractivity (Wildman–Crippen MR) is 163 cm³/mol. The number of nitrogens with one attached hydrogen (secondary N) is 1. The largest absolute Gasteiger partial charge is 0.381 e. The number of anilines is 1. The maximum Gasteiger partial charge on any atom is 0.333 e. The summed E-state index contributed by atoms with van der Waals surface area (Å²) in [5, 5.41) is 3.60. The van der Waals surface area contributed by atoms with Crippen LogP contribution < -0.4 is 11.0 Å². The summed E-state index contributed by atoms with van der Waals surface area (Å²) in [6.45, 7) is 1.26. The first-order chi connectivity index (χ1) is 20.7. The van der Waals surface area contributed by atoms with Gasteiger partial charge < -0.3 is 10.1 Å².